The van der Waals surface area contributed by atoms with Crippen LogP contribution in [0.5, 0.6) is 0 Å². The minimum absolute atomic E-state index is 0.0497. The van der Waals surface area contributed by atoms with E-state index in [-0.39, 0.29) is 29.9 Å². The lowest BCUT2D eigenvalue weighted by atomic mass is 9.94. The zero-order valence-electron chi connectivity index (χ0n) is 14.8. The summed E-state index contributed by atoms with van der Waals surface area (Å²) in [6, 6.07) is 7.63. The van der Waals surface area contributed by atoms with Gasteiger partial charge in [-0.3, -0.25) is 9.59 Å². The first kappa shape index (κ1) is 17.5. The molecule has 1 aliphatic heterocycles. The number of esters is 1. The second-order valence-electron chi connectivity index (χ2n) is 7.05. The molecule has 0 spiro atoms. The first-order chi connectivity index (χ1) is 11.9. The molecule has 6 heteroatoms. The monoisotopic (exact) mass is 344 g/mol. The lowest BCUT2D eigenvalue weighted by Crippen LogP contribution is -2.46. The number of H-pyrrole nitrogens is 1. The molecule has 0 saturated carbocycles. The van der Waals surface area contributed by atoms with Crippen LogP contribution in [-0.4, -0.2) is 42.2 Å². The Morgan fingerprint density at radius 2 is 2.12 bits per heavy atom. The van der Waals surface area contributed by atoms with Crippen molar-refractivity contribution in [1.29, 1.82) is 0 Å². The molecule has 0 bridgehead atoms. The van der Waals surface area contributed by atoms with Gasteiger partial charge in [-0.1, -0.05) is 18.2 Å². The number of hydrogen-bond acceptors (Lipinski definition) is 4. The van der Waals surface area contributed by atoms with E-state index < -0.39 is 0 Å². The minimum Gasteiger partial charge on any atom is -0.469 e. The molecule has 1 fully saturated rings. The highest BCUT2D eigenvalue weighted by molar-refractivity contribution is 6.02. The molecule has 0 radical (unpaired) electrons. The maximum Gasteiger partial charge on any atom is 0.310 e. The van der Waals surface area contributed by atoms with Crippen molar-refractivity contribution >= 4 is 22.8 Å². The van der Waals surface area contributed by atoms with Crippen molar-refractivity contribution in [2.75, 3.05) is 13.7 Å². The van der Waals surface area contributed by atoms with E-state index in [0.29, 0.717) is 17.9 Å². The number of benzene rings is 1. The van der Waals surface area contributed by atoms with Crippen molar-refractivity contribution in [3.05, 3.63) is 35.5 Å². The predicted molar refractivity (Wildman–Crippen MR) is 94.5 cm³/mol. The number of methoxy groups -OCH3 is 1. The Morgan fingerprint density at radius 3 is 2.84 bits per heavy atom. The van der Waals surface area contributed by atoms with Crippen molar-refractivity contribution in [3.63, 3.8) is 0 Å². The fraction of sp³-hybridized carbons (Fsp3) is 0.474. The number of amides is 1. The van der Waals surface area contributed by atoms with Crippen molar-refractivity contribution in [1.82, 2.24) is 10.3 Å². The van der Waals surface area contributed by atoms with Gasteiger partial charge in [0.15, 0.2) is 0 Å². The third-order valence-electron chi connectivity index (χ3n) is 4.62. The van der Waals surface area contributed by atoms with Crippen molar-refractivity contribution < 1.29 is 19.1 Å². The normalized spacial score (nSPS) is 19.6. The predicted octanol–water partition coefficient (Wildman–Crippen LogP) is 2.57. The van der Waals surface area contributed by atoms with Gasteiger partial charge in [0.25, 0.3) is 5.91 Å². The van der Waals surface area contributed by atoms with Gasteiger partial charge < -0.3 is 19.8 Å². The number of hydrogen-bond donors (Lipinski definition) is 2. The Hall–Kier alpha value is -2.34. The molecule has 1 atom stereocenters. The van der Waals surface area contributed by atoms with Crippen LogP contribution in [0.25, 0.3) is 10.9 Å². The summed E-state index contributed by atoms with van der Waals surface area (Å²) in [5, 5.41) is 3.95. The third kappa shape index (κ3) is 3.85. The van der Waals surface area contributed by atoms with Crippen LogP contribution in [0.4, 0.5) is 0 Å². The molecule has 1 aromatic carbocycles. The van der Waals surface area contributed by atoms with E-state index in [4.69, 9.17) is 9.47 Å². The second kappa shape index (κ2) is 6.88. The zero-order chi connectivity index (χ0) is 18.0. The topological polar surface area (TPSA) is 80.4 Å². The zero-order valence-corrected chi connectivity index (χ0v) is 14.8. The van der Waals surface area contributed by atoms with Crippen molar-refractivity contribution in [3.8, 4) is 0 Å². The van der Waals surface area contributed by atoms with E-state index in [1.165, 1.54) is 7.11 Å². The molecule has 1 saturated heterocycles. The number of aromatic nitrogens is 1. The van der Waals surface area contributed by atoms with E-state index in [1.807, 2.05) is 38.1 Å². The lowest BCUT2D eigenvalue weighted by Gasteiger charge is -2.35. The van der Waals surface area contributed by atoms with Gasteiger partial charge in [0, 0.05) is 29.1 Å². The number of rotatable bonds is 4. The van der Waals surface area contributed by atoms with Gasteiger partial charge in [-0.25, -0.2) is 0 Å². The Bertz CT molecular complexity index is 794. The van der Waals surface area contributed by atoms with Gasteiger partial charge in [0.05, 0.1) is 19.1 Å². The average Bonchev–Trinajstić information content (AvgIpc) is 2.92. The van der Waals surface area contributed by atoms with E-state index in [2.05, 4.69) is 10.3 Å². The summed E-state index contributed by atoms with van der Waals surface area (Å²) in [7, 11) is 1.35. The van der Waals surface area contributed by atoms with Gasteiger partial charge in [-0.15, -0.1) is 0 Å². The van der Waals surface area contributed by atoms with E-state index in [0.717, 1.165) is 23.7 Å². The molecule has 134 valence electrons. The summed E-state index contributed by atoms with van der Waals surface area (Å²) >= 11 is 0. The Kier molecular flexibility index (Phi) is 4.81. The van der Waals surface area contributed by atoms with Crippen molar-refractivity contribution in [2.45, 2.75) is 44.8 Å². The molecule has 2 N–H and O–H groups in total. The van der Waals surface area contributed by atoms with E-state index in [9.17, 15) is 9.59 Å². The number of para-hydroxylation sites is 1. The number of aromatic amines is 1. The molecule has 25 heavy (non-hydrogen) atoms. The molecule has 3 rings (SSSR count). The SMILES string of the molecule is COC(=O)Cc1c(C(=O)N[C@H]2CCOC(C)(C)C2)[nH]c2ccccc12. The van der Waals surface area contributed by atoms with Crippen LogP contribution in [0.1, 0.15) is 42.7 Å². The van der Waals surface area contributed by atoms with Gasteiger partial charge in [-0.2, -0.15) is 0 Å². The fourth-order valence-corrected chi connectivity index (χ4v) is 3.41. The third-order valence-corrected chi connectivity index (χ3v) is 4.62. The van der Waals surface area contributed by atoms with Crippen LogP contribution >= 0.6 is 0 Å². The summed E-state index contributed by atoms with van der Waals surface area (Å²) in [5.41, 5.74) is 1.69. The van der Waals surface area contributed by atoms with Gasteiger partial charge in [0.1, 0.15) is 5.69 Å². The maximum absolute atomic E-state index is 12.8. The molecule has 2 heterocycles. The minimum atomic E-state index is -0.369. The summed E-state index contributed by atoms with van der Waals surface area (Å²) < 4.78 is 10.5. The fourth-order valence-electron chi connectivity index (χ4n) is 3.41. The average molecular weight is 344 g/mol. The Labute approximate surface area is 146 Å². The molecule has 1 aliphatic rings. The Morgan fingerprint density at radius 1 is 1.36 bits per heavy atom. The highest BCUT2D eigenvalue weighted by Crippen LogP contribution is 2.26. The van der Waals surface area contributed by atoms with Gasteiger partial charge in [-0.05, 0) is 32.8 Å². The van der Waals surface area contributed by atoms with Crippen LogP contribution in [0.2, 0.25) is 0 Å². The van der Waals surface area contributed by atoms with E-state index in [1.54, 1.807) is 0 Å². The number of ether oxygens (including phenoxy) is 2. The summed E-state index contributed by atoms with van der Waals surface area (Å²) in [6.07, 6.45) is 1.59. The quantitative estimate of drug-likeness (QED) is 0.836. The molecular formula is C19H24N2O4. The molecule has 6 nitrogen and oxygen atoms in total. The summed E-state index contributed by atoms with van der Waals surface area (Å²) in [5.74, 6) is -0.566. The largest absolute Gasteiger partial charge is 0.469 e. The molecule has 2 aromatic rings. The summed E-state index contributed by atoms with van der Waals surface area (Å²) in [6.45, 7) is 4.67. The number of fused-ring (bicyclic) bond motifs is 1. The van der Waals surface area contributed by atoms with Gasteiger partial charge in [0.2, 0.25) is 0 Å². The molecular weight excluding hydrogens is 320 g/mol. The molecule has 0 aliphatic carbocycles. The molecule has 1 amide bonds. The van der Waals surface area contributed by atoms with Crippen LogP contribution in [0, 0.1) is 0 Å². The van der Waals surface area contributed by atoms with Crippen LogP contribution in [0.15, 0.2) is 24.3 Å². The standard InChI is InChI=1S/C19H24N2O4/c1-19(2)11-12(8-9-25-19)20-18(23)17-14(10-16(22)24-3)13-6-4-5-7-15(13)21-17/h4-7,12,21H,8-11H2,1-3H3,(H,20,23)/t12-/m0/s1. The Balaban J connectivity index is 1.87. The highest BCUT2D eigenvalue weighted by atomic mass is 16.5. The maximum atomic E-state index is 12.8. The first-order valence-electron chi connectivity index (χ1n) is 8.51. The molecule has 0 unspecified atom stereocenters. The molecule has 1 aromatic heterocycles. The van der Waals surface area contributed by atoms with Crippen molar-refractivity contribution in [2.24, 2.45) is 0 Å². The summed E-state index contributed by atoms with van der Waals surface area (Å²) in [4.78, 5) is 27.8. The van der Waals surface area contributed by atoms with E-state index >= 15 is 0 Å². The number of nitrogens with one attached hydrogen (secondary N) is 2. The van der Waals surface area contributed by atoms with Crippen LogP contribution in [-0.2, 0) is 20.7 Å². The number of carbonyl (C=O) groups excluding carboxylic acids is 2. The lowest BCUT2D eigenvalue weighted by molar-refractivity contribution is -0.139. The van der Waals surface area contributed by atoms with Crippen LogP contribution < -0.4 is 5.32 Å². The van der Waals surface area contributed by atoms with Gasteiger partial charge >= 0.3 is 5.97 Å². The van der Waals surface area contributed by atoms with Crippen LogP contribution in [0.3, 0.4) is 0 Å². The smallest absolute Gasteiger partial charge is 0.310 e. The highest BCUT2D eigenvalue weighted by Gasteiger charge is 2.31. The second-order valence-corrected chi connectivity index (χ2v) is 7.05. The first-order valence-corrected chi connectivity index (χ1v) is 8.51. The number of carbonyl (C=O) groups is 2.